The van der Waals surface area contributed by atoms with E-state index in [1.807, 2.05) is 24.3 Å². The molecular weight excluding hydrogens is 376 g/mol. The molecule has 2 aromatic carbocycles. The lowest BCUT2D eigenvalue weighted by Gasteiger charge is -2.21. The maximum absolute atomic E-state index is 12.9. The van der Waals surface area contributed by atoms with Gasteiger partial charge in [0.25, 0.3) is 11.6 Å². The summed E-state index contributed by atoms with van der Waals surface area (Å²) >= 11 is 0. The first-order valence-corrected chi connectivity index (χ1v) is 9.10. The van der Waals surface area contributed by atoms with E-state index in [2.05, 4.69) is 10.1 Å². The molecule has 0 radical (unpaired) electrons. The first kappa shape index (κ1) is 18.6. The standard InChI is InChI=1S/C20H18N4O5/c1-28-16-10-6-13(7-11-16)18-21-19(29-22-18)17-3-2-12-23(17)20(25)14-4-8-15(9-5-14)24(26)27/h4-11,17H,2-3,12H2,1H3. The fourth-order valence-corrected chi connectivity index (χ4v) is 3.39. The monoisotopic (exact) mass is 394 g/mol. The Labute approximate surface area is 166 Å². The molecule has 2 heterocycles. The molecule has 3 aromatic rings. The molecule has 9 nitrogen and oxygen atoms in total. The van der Waals surface area contributed by atoms with Gasteiger partial charge in [-0.25, -0.2) is 0 Å². The number of hydrogen-bond acceptors (Lipinski definition) is 7. The number of carbonyl (C=O) groups excluding carboxylic acids is 1. The van der Waals surface area contributed by atoms with Crippen molar-refractivity contribution in [2.24, 2.45) is 0 Å². The minimum Gasteiger partial charge on any atom is -0.497 e. The molecule has 1 atom stereocenters. The number of benzene rings is 2. The second-order valence-electron chi connectivity index (χ2n) is 6.65. The van der Waals surface area contributed by atoms with Gasteiger partial charge in [-0.15, -0.1) is 0 Å². The van der Waals surface area contributed by atoms with E-state index in [9.17, 15) is 14.9 Å². The van der Waals surface area contributed by atoms with E-state index in [-0.39, 0.29) is 17.6 Å². The number of likely N-dealkylation sites (tertiary alicyclic amines) is 1. The summed E-state index contributed by atoms with van der Waals surface area (Å²) in [7, 11) is 1.60. The number of methoxy groups -OCH3 is 1. The van der Waals surface area contributed by atoms with Gasteiger partial charge in [0.15, 0.2) is 0 Å². The van der Waals surface area contributed by atoms with Crippen molar-refractivity contribution in [2.75, 3.05) is 13.7 Å². The van der Waals surface area contributed by atoms with Crippen molar-refractivity contribution in [1.82, 2.24) is 15.0 Å². The van der Waals surface area contributed by atoms with Gasteiger partial charge in [0.1, 0.15) is 11.8 Å². The SMILES string of the molecule is COc1ccc(-c2noc(C3CCCN3C(=O)c3ccc([N+](=O)[O-])cc3)n2)cc1. The van der Waals surface area contributed by atoms with Gasteiger partial charge in [0, 0.05) is 29.8 Å². The zero-order valence-electron chi connectivity index (χ0n) is 15.6. The summed E-state index contributed by atoms with van der Waals surface area (Å²) < 4.78 is 10.6. The van der Waals surface area contributed by atoms with Crippen LogP contribution in [0.15, 0.2) is 53.1 Å². The van der Waals surface area contributed by atoms with Crippen LogP contribution in [0.2, 0.25) is 0 Å². The Balaban J connectivity index is 1.54. The molecular formula is C20H18N4O5. The number of ether oxygens (including phenoxy) is 1. The van der Waals surface area contributed by atoms with Crippen LogP contribution in [-0.2, 0) is 0 Å². The molecule has 29 heavy (non-hydrogen) atoms. The molecule has 0 saturated carbocycles. The third-order valence-corrected chi connectivity index (χ3v) is 4.91. The van der Waals surface area contributed by atoms with Crippen LogP contribution in [0.25, 0.3) is 11.4 Å². The Morgan fingerprint density at radius 2 is 1.93 bits per heavy atom. The highest BCUT2D eigenvalue weighted by molar-refractivity contribution is 5.94. The van der Waals surface area contributed by atoms with Crippen molar-refractivity contribution >= 4 is 11.6 Å². The lowest BCUT2D eigenvalue weighted by molar-refractivity contribution is -0.384. The Morgan fingerprint density at radius 1 is 1.21 bits per heavy atom. The number of nitrogens with zero attached hydrogens (tertiary/aromatic N) is 4. The van der Waals surface area contributed by atoms with Crippen molar-refractivity contribution in [1.29, 1.82) is 0 Å². The maximum Gasteiger partial charge on any atom is 0.269 e. The Morgan fingerprint density at radius 3 is 2.59 bits per heavy atom. The molecule has 0 N–H and O–H groups in total. The molecule has 0 spiro atoms. The van der Waals surface area contributed by atoms with E-state index in [0.29, 0.717) is 30.2 Å². The normalized spacial score (nSPS) is 16.0. The summed E-state index contributed by atoms with van der Waals surface area (Å²) in [6.07, 6.45) is 1.52. The van der Waals surface area contributed by atoms with Crippen LogP contribution >= 0.6 is 0 Å². The molecule has 1 fully saturated rings. The largest absolute Gasteiger partial charge is 0.497 e. The van der Waals surface area contributed by atoms with Gasteiger partial charge in [-0.2, -0.15) is 4.98 Å². The van der Waals surface area contributed by atoms with E-state index >= 15 is 0 Å². The van der Waals surface area contributed by atoms with Gasteiger partial charge in [-0.3, -0.25) is 14.9 Å². The highest BCUT2D eigenvalue weighted by Gasteiger charge is 2.34. The van der Waals surface area contributed by atoms with Crippen molar-refractivity contribution in [3.8, 4) is 17.1 Å². The number of rotatable bonds is 5. The Kier molecular flexibility index (Phi) is 4.94. The molecule has 1 amide bonds. The summed E-state index contributed by atoms with van der Waals surface area (Å²) in [6, 6.07) is 12.6. The van der Waals surface area contributed by atoms with Crippen molar-refractivity contribution < 1.29 is 19.0 Å². The van der Waals surface area contributed by atoms with Crippen LogP contribution in [0, 0.1) is 10.1 Å². The number of non-ortho nitro benzene ring substituents is 1. The topological polar surface area (TPSA) is 112 Å². The third kappa shape index (κ3) is 3.66. The van der Waals surface area contributed by atoms with E-state index in [1.54, 1.807) is 12.0 Å². The number of nitro groups is 1. The van der Waals surface area contributed by atoms with E-state index in [1.165, 1.54) is 24.3 Å². The second kappa shape index (κ2) is 7.70. The maximum atomic E-state index is 12.9. The van der Waals surface area contributed by atoms with Crippen molar-refractivity contribution in [3.05, 3.63) is 70.1 Å². The molecule has 9 heteroatoms. The van der Waals surface area contributed by atoms with Crippen molar-refractivity contribution in [2.45, 2.75) is 18.9 Å². The minimum absolute atomic E-state index is 0.0550. The number of carbonyl (C=O) groups is 1. The fourth-order valence-electron chi connectivity index (χ4n) is 3.39. The molecule has 0 aliphatic carbocycles. The summed E-state index contributed by atoms with van der Waals surface area (Å²) in [5, 5.41) is 14.9. The van der Waals surface area contributed by atoms with Crippen LogP contribution in [0.1, 0.15) is 35.1 Å². The Hall–Kier alpha value is -3.75. The van der Waals surface area contributed by atoms with E-state index < -0.39 is 4.92 Å². The molecule has 1 unspecified atom stereocenters. The zero-order chi connectivity index (χ0) is 20.4. The molecule has 1 aliphatic rings. The number of amides is 1. The van der Waals surface area contributed by atoms with Crippen LogP contribution in [-0.4, -0.2) is 39.5 Å². The van der Waals surface area contributed by atoms with Crippen LogP contribution in [0.5, 0.6) is 5.75 Å². The molecule has 148 valence electrons. The molecule has 0 bridgehead atoms. The quantitative estimate of drug-likeness (QED) is 0.480. The molecule has 1 aromatic heterocycles. The highest BCUT2D eigenvalue weighted by Crippen LogP contribution is 2.33. The predicted molar refractivity (Wildman–Crippen MR) is 102 cm³/mol. The van der Waals surface area contributed by atoms with Gasteiger partial charge in [-0.05, 0) is 49.2 Å². The average molecular weight is 394 g/mol. The van der Waals surface area contributed by atoms with Gasteiger partial charge >= 0.3 is 0 Å². The Bertz CT molecular complexity index is 1030. The second-order valence-corrected chi connectivity index (χ2v) is 6.65. The van der Waals surface area contributed by atoms with E-state index in [4.69, 9.17) is 9.26 Å². The molecule has 4 rings (SSSR count). The average Bonchev–Trinajstić information content (AvgIpc) is 3.43. The van der Waals surface area contributed by atoms with Crippen LogP contribution < -0.4 is 4.74 Å². The summed E-state index contributed by atoms with van der Waals surface area (Å²) in [4.78, 5) is 29.4. The van der Waals surface area contributed by atoms with Gasteiger partial charge in [0.05, 0.1) is 12.0 Å². The van der Waals surface area contributed by atoms with Gasteiger partial charge in [0.2, 0.25) is 11.7 Å². The smallest absolute Gasteiger partial charge is 0.269 e. The van der Waals surface area contributed by atoms with E-state index in [0.717, 1.165) is 17.7 Å². The lowest BCUT2D eigenvalue weighted by Crippen LogP contribution is -2.30. The first-order valence-electron chi connectivity index (χ1n) is 9.10. The lowest BCUT2D eigenvalue weighted by atomic mass is 10.1. The van der Waals surface area contributed by atoms with Gasteiger partial charge < -0.3 is 14.2 Å². The number of hydrogen-bond donors (Lipinski definition) is 0. The molecule has 1 aliphatic heterocycles. The third-order valence-electron chi connectivity index (χ3n) is 4.91. The minimum atomic E-state index is -0.494. The first-order chi connectivity index (χ1) is 14.1. The number of nitro benzene ring substituents is 1. The van der Waals surface area contributed by atoms with Crippen molar-refractivity contribution in [3.63, 3.8) is 0 Å². The predicted octanol–water partition coefficient (Wildman–Crippen LogP) is 3.63. The summed E-state index contributed by atoms with van der Waals surface area (Å²) in [5.74, 6) is 1.33. The number of aromatic nitrogens is 2. The highest BCUT2D eigenvalue weighted by atomic mass is 16.6. The van der Waals surface area contributed by atoms with Gasteiger partial charge in [-0.1, -0.05) is 5.16 Å². The fraction of sp³-hybridized carbons (Fsp3) is 0.250. The zero-order valence-corrected chi connectivity index (χ0v) is 15.6. The summed E-state index contributed by atoms with van der Waals surface area (Å²) in [5.41, 5.74) is 1.12. The van der Waals surface area contributed by atoms with Crippen LogP contribution in [0.3, 0.4) is 0 Å². The molecule has 1 saturated heterocycles. The summed E-state index contributed by atoms with van der Waals surface area (Å²) in [6.45, 7) is 0.556. The van der Waals surface area contributed by atoms with Crippen LogP contribution in [0.4, 0.5) is 5.69 Å².